The Labute approximate surface area is 201 Å². The second-order valence-electron chi connectivity index (χ2n) is 10.0. The summed E-state index contributed by atoms with van der Waals surface area (Å²) in [4.78, 5) is 39.1. The number of nitrogens with zero attached hydrogens (tertiary/aromatic N) is 1. The standard InChI is InChI=1S/C27H34N2O5/c1-18-7-8-19(2)21(15-18)17-33-23-11-9-22(10-12-23)27(34-25(32)28-26(4,5)6)13-14-29(24(27)31)16-20(3)30/h7-12,15H,13-14,16-17H2,1-6H3,(H,28,32). The summed E-state index contributed by atoms with van der Waals surface area (Å²) in [6.45, 7) is 11.8. The number of hydrogen-bond acceptors (Lipinski definition) is 5. The van der Waals surface area contributed by atoms with Gasteiger partial charge in [-0.3, -0.25) is 9.59 Å². The number of amides is 2. The Hall–Kier alpha value is -3.35. The van der Waals surface area contributed by atoms with Gasteiger partial charge < -0.3 is 19.7 Å². The van der Waals surface area contributed by atoms with Crippen molar-refractivity contribution >= 4 is 17.8 Å². The number of ether oxygens (including phenoxy) is 2. The van der Waals surface area contributed by atoms with E-state index in [4.69, 9.17) is 9.47 Å². The largest absolute Gasteiger partial charge is 0.489 e. The summed E-state index contributed by atoms with van der Waals surface area (Å²) in [5.74, 6) is 0.124. The molecule has 1 saturated heterocycles. The van der Waals surface area contributed by atoms with Gasteiger partial charge in [-0.05, 0) is 64.8 Å². The number of carbonyl (C=O) groups is 3. The van der Waals surface area contributed by atoms with Crippen molar-refractivity contribution in [3.05, 3.63) is 64.7 Å². The van der Waals surface area contributed by atoms with Crippen molar-refractivity contribution in [2.45, 2.75) is 65.7 Å². The highest BCUT2D eigenvalue weighted by Gasteiger charge is 2.52. The first-order valence-electron chi connectivity index (χ1n) is 11.5. The van der Waals surface area contributed by atoms with Crippen molar-refractivity contribution < 1.29 is 23.9 Å². The zero-order chi connectivity index (χ0) is 25.1. The molecule has 0 radical (unpaired) electrons. The van der Waals surface area contributed by atoms with Crippen molar-refractivity contribution in [1.82, 2.24) is 10.2 Å². The summed E-state index contributed by atoms with van der Waals surface area (Å²) in [5, 5.41) is 2.75. The van der Waals surface area contributed by atoms with Crippen LogP contribution in [0.2, 0.25) is 0 Å². The van der Waals surface area contributed by atoms with Crippen LogP contribution in [0.1, 0.15) is 56.4 Å². The van der Waals surface area contributed by atoms with Crippen LogP contribution in [0.15, 0.2) is 42.5 Å². The quantitative estimate of drug-likeness (QED) is 0.653. The summed E-state index contributed by atoms with van der Waals surface area (Å²) in [5.41, 5.74) is 1.96. The van der Waals surface area contributed by atoms with Crippen LogP contribution in [0.25, 0.3) is 0 Å². The van der Waals surface area contributed by atoms with Crippen LogP contribution in [-0.4, -0.2) is 41.3 Å². The number of nitrogens with one attached hydrogen (secondary N) is 1. The fourth-order valence-corrected chi connectivity index (χ4v) is 4.02. The Bertz CT molecular complexity index is 1070. The van der Waals surface area contributed by atoms with Crippen molar-refractivity contribution in [2.24, 2.45) is 0 Å². The molecular weight excluding hydrogens is 432 g/mol. The lowest BCUT2D eigenvalue weighted by atomic mass is 9.91. The first-order valence-corrected chi connectivity index (χ1v) is 11.5. The van der Waals surface area contributed by atoms with Crippen LogP contribution in [-0.2, 0) is 26.5 Å². The molecule has 2 aromatic carbocycles. The molecule has 34 heavy (non-hydrogen) atoms. The number of carbonyl (C=O) groups excluding carboxylic acids is 3. The summed E-state index contributed by atoms with van der Waals surface area (Å²) < 4.78 is 11.8. The van der Waals surface area contributed by atoms with Gasteiger partial charge in [0.25, 0.3) is 5.91 Å². The van der Waals surface area contributed by atoms with Gasteiger partial charge in [0.15, 0.2) is 0 Å². The molecule has 0 saturated carbocycles. The molecule has 2 amide bonds. The Morgan fingerprint density at radius 2 is 1.76 bits per heavy atom. The molecule has 0 spiro atoms. The van der Waals surface area contributed by atoms with Gasteiger partial charge in [0, 0.05) is 24.1 Å². The monoisotopic (exact) mass is 466 g/mol. The SMILES string of the molecule is CC(=O)CN1CCC(OC(=O)NC(C)(C)C)(c2ccc(OCc3cc(C)ccc3C)cc2)C1=O. The van der Waals surface area contributed by atoms with Gasteiger partial charge >= 0.3 is 6.09 Å². The number of Topliss-reactive ketones (excluding diaryl/α,β-unsaturated/α-hetero) is 1. The van der Waals surface area contributed by atoms with E-state index in [1.165, 1.54) is 17.4 Å². The molecule has 3 rings (SSSR count). The Morgan fingerprint density at radius 1 is 1.09 bits per heavy atom. The molecule has 0 aliphatic carbocycles. The molecule has 1 atom stereocenters. The first kappa shape index (κ1) is 25.3. The minimum absolute atomic E-state index is 0.0120. The minimum Gasteiger partial charge on any atom is -0.489 e. The maximum atomic E-state index is 13.4. The normalized spacial score (nSPS) is 18.1. The molecule has 1 N–H and O–H groups in total. The number of hydrogen-bond donors (Lipinski definition) is 1. The molecular formula is C27H34N2O5. The second kappa shape index (κ2) is 9.87. The van der Waals surface area contributed by atoms with E-state index in [0.717, 1.165) is 11.1 Å². The minimum atomic E-state index is -1.49. The van der Waals surface area contributed by atoms with Crippen LogP contribution < -0.4 is 10.1 Å². The highest BCUT2D eigenvalue weighted by atomic mass is 16.6. The third-order valence-corrected chi connectivity index (χ3v) is 5.74. The fourth-order valence-electron chi connectivity index (χ4n) is 4.02. The highest BCUT2D eigenvalue weighted by Crippen LogP contribution is 2.38. The zero-order valence-electron chi connectivity index (χ0n) is 20.9. The molecule has 0 bridgehead atoms. The second-order valence-corrected chi connectivity index (χ2v) is 10.0. The van der Waals surface area contributed by atoms with Gasteiger partial charge in [0.1, 0.15) is 18.1 Å². The van der Waals surface area contributed by atoms with E-state index in [-0.39, 0.29) is 18.7 Å². The van der Waals surface area contributed by atoms with Crippen LogP contribution in [0, 0.1) is 13.8 Å². The molecule has 1 aliphatic heterocycles. The Kier molecular flexibility index (Phi) is 7.34. The predicted molar refractivity (Wildman–Crippen MR) is 130 cm³/mol. The summed E-state index contributed by atoms with van der Waals surface area (Å²) >= 11 is 0. The average Bonchev–Trinajstić information content (AvgIpc) is 3.03. The topological polar surface area (TPSA) is 84.9 Å². The van der Waals surface area contributed by atoms with Crippen molar-refractivity contribution in [3.63, 3.8) is 0 Å². The van der Waals surface area contributed by atoms with E-state index in [1.54, 1.807) is 24.3 Å². The molecule has 7 nitrogen and oxygen atoms in total. The van der Waals surface area contributed by atoms with Crippen molar-refractivity contribution in [3.8, 4) is 5.75 Å². The molecule has 1 unspecified atom stereocenters. The number of benzene rings is 2. The van der Waals surface area contributed by atoms with Crippen LogP contribution in [0.3, 0.4) is 0 Å². The summed E-state index contributed by atoms with van der Waals surface area (Å²) in [7, 11) is 0. The maximum absolute atomic E-state index is 13.4. The van der Waals surface area contributed by atoms with Crippen LogP contribution in [0.5, 0.6) is 5.75 Å². The zero-order valence-corrected chi connectivity index (χ0v) is 20.9. The molecule has 7 heteroatoms. The molecule has 182 valence electrons. The third-order valence-electron chi connectivity index (χ3n) is 5.74. The molecule has 0 aromatic heterocycles. The number of alkyl carbamates (subject to hydrolysis) is 1. The smallest absolute Gasteiger partial charge is 0.408 e. The van der Waals surface area contributed by atoms with E-state index in [9.17, 15) is 14.4 Å². The molecule has 1 aliphatic rings. The van der Waals surface area contributed by atoms with E-state index in [2.05, 4.69) is 23.5 Å². The van der Waals surface area contributed by atoms with Crippen molar-refractivity contribution in [2.75, 3.05) is 13.1 Å². The van der Waals surface area contributed by atoms with Gasteiger partial charge in [-0.15, -0.1) is 0 Å². The molecule has 2 aromatic rings. The van der Waals surface area contributed by atoms with Gasteiger partial charge in [0.05, 0.1) is 6.54 Å². The fraction of sp³-hybridized carbons (Fsp3) is 0.444. The van der Waals surface area contributed by atoms with Gasteiger partial charge in [-0.1, -0.05) is 35.9 Å². The number of ketones is 1. The van der Waals surface area contributed by atoms with Gasteiger partial charge in [-0.25, -0.2) is 4.79 Å². The van der Waals surface area contributed by atoms with Crippen LogP contribution >= 0.6 is 0 Å². The van der Waals surface area contributed by atoms with E-state index in [1.807, 2.05) is 34.6 Å². The molecule has 1 fully saturated rings. The van der Waals surface area contributed by atoms with E-state index < -0.39 is 23.1 Å². The Morgan fingerprint density at radius 3 is 2.38 bits per heavy atom. The van der Waals surface area contributed by atoms with Gasteiger partial charge in [0.2, 0.25) is 5.60 Å². The highest BCUT2D eigenvalue weighted by molar-refractivity contribution is 5.93. The number of aryl methyl sites for hydroxylation is 2. The predicted octanol–water partition coefficient (Wildman–Crippen LogP) is 4.42. The first-order chi connectivity index (χ1) is 15.9. The van der Waals surface area contributed by atoms with E-state index >= 15 is 0 Å². The lowest BCUT2D eigenvalue weighted by Crippen LogP contribution is -2.48. The average molecular weight is 467 g/mol. The number of likely N-dealkylation sites (tertiary alicyclic amines) is 1. The lowest BCUT2D eigenvalue weighted by molar-refractivity contribution is -0.146. The molecule has 1 heterocycles. The number of rotatable bonds is 7. The van der Waals surface area contributed by atoms with Crippen LogP contribution in [0.4, 0.5) is 4.79 Å². The summed E-state index contributed by atoms with van der Waals surface area (Å²) in [6.07, 6.45) is -0.417. The maximum Gasteiger partial charge on any atom is 0.408 e. The summed E-state index contributed by atoms with van der Waals surface area (Å²) in [6, 6.07) is 13.3. The lowest BCUT2D eigenvalue weighted by Gasteiger charge is -2.30. The Balaban J connectivity index is 1.83. The van der Waals surface area contributed by atoms with E-state index in [0.29, 0.717) is 24.5 Å². The van der Waals surface area contributed by atoms with Gasteiger partial charge in [-0.2, -0.15) is 0 Å². The van der Waals surface area contributed by atoms with Crippen molar-refractivity contribution in [1.29, 1.82) is 0 Å². The third kappa shape index (κ3) is 5.95.